The molecular weight excluding hydrogens is 610 g/mol. The number of nitrogens with two attached hydrogens (primary N) is 4. The van der Waals surface area contributed by atoms with E-state index in [0.29, 0.717) is 38.9 Å². The summed E-state index contributed by atoms with van der Waals surface area (Å²) in [7, 11) is 0. The first-order valence-corrected chi connectivity index (χ1v) is 15.9. The summed E-state index contributed by atoms with van der Waals surface area (Å²) in [5, 5.41) is 69.7. The highest BCUT2D eigenvalue weighted by Gasteiger charge is 2.61. The summed E-state index contributed by atoms with van der Waals surface area (Å²) in [5.74, 6) is -1.08. The van der Waals surface area contributed by atoms with Crippen molar-refractivity contribution in [3.8, 4) is 0 Å². The zero-order chi connectivity index (χ0) is 33.8. The third-order valence-corrected chi connectivity index (χ3v) is 8.89. The molecule has 18 heteroatoms. The Labute approximate surface area is 267 Å². The predicted octanol–water partition coefficient (Wildman–Crippen LogP) is -5.48. The van der Waals surface area contributed by atoms with E-state index in [9.17, 15) is 35.4 Å². The van der Waals surface area contributed by atoms with Gasteiger partial charge in [-0.05, 0) is 32.7 Å². The van der Waals surface area contributed by atoms with Crippen molar-refractivity contribution in [2.45, 2.75) is 137 Å². The maximum Gasteiger partial charge on any atom is 0.254 e. The molecular formula is C28H53N7O11. The molecule has 2 saturated heterocycles. The second-order valence-corrected chi connectivity index (χ2v) is 13.4. The van der Waals surface area contributed by atoms with Gasteiger partial charge in [0.05, 0.1) is 42.6 Å². The highest BCUT2D eigenvalue weighted by atomic mass is 16.7. The SMILES string of the molecule is C[C@]1(O)COC(O[C@H]2C(NC(=O)C3(O)CC3N=C(N)N)CC(N)[C@@H](O[C@@H]3CC(O)CC(CNCC(O)CCCN)O3)C2O)C(O)C1. The van der Waals surface area contributed by atoms with E-state index >= 15 is 0 Å². The number of aliphatic hydroxyl groups is 6. The Morgan fingerprint density at radius 3 is 2.52 bits per heavy atom. The molecule has 0 bridgehead atoms. The Kier molecular flexibility index (Phi) is 12.6. The fourth-order valence-corrected chi connectivity index (χ4v) is 6.31. The molecule has 10 unspecified atom stereocenters. The van der Waals surface area contributed by atoms with Crippen LogP contribution in [-0.4, -0.2) is 153 Å². The predicted molar refractivity (Wildman–Crippen MR) is 161 cm³/mol. The van der Waals surface area contributed by atoms with Crippen LogP contribution in [0.2, 0.25) is 0 Å². The third kappa shape index (κ3) is 9.65. The van der Waals surface area contributed by atoms with Gasteiger partial charge in [-0.1, -0.05) is 0 Å². The number of ether oxygens (including phenoxy) is 4. The van der Waals surface area contributed by atoms with Crippen LogP contribution in [0, 0.1) is 0 Å². The fraction of sp³-hybridized carbons (Fsp3) is 0.929. The number of nitrogens with one attached hydrogen (secondary N) is 2. The van der Waals surface area contributed by atoms with Gasteiger partial charge in [-0.25, -0.2) is 4.99 Å². The molecule has 0 aromatic heterocycles. The Morgan fingerprint density at radius 2 is 1.85 bits per heavy atom. The number of amides is 1. The molecule has 2 heterocycles. The Morgan fingerprint density at radius 1 is 1.11 bits per heavy atom. The van der Waals surface area contributed by atoms with E-state index in [1.807, 2.05) is 0 Å². The zero-order valence-electron chi connectivity index (χ0n) is 26.2. The van der Waals surface area contributed by atoms with Gasteiger partial charge < -0.3 is 83.2 Å². The lowest BCUT2D eigenvalue weighted by Gasteiger charge is -2.47. The monoisotopic (exact) mass is 663 g/mol. The molecule has 0 radical (unpaired) electrons. The number of aliphatic imine (C=N–C) groups is 1. The molecule has 2 aliphatic carbocycles. The second-order valence-electron chi connectivity index (χ2n) is 13.4. The van der Waals surface area contributed by atoms with Gasteiger partial charge in [0.1, 0.15) is 24.4 Å². The summed E-state index contributed by atoms with van der Waals surface area (Å²) in [6.07, 6.45) is -7.48. The van der Waals surface area contributed by atoms with Crippen LogP contribution in [0.5, 0.6) is 0 Å². The van der Waals surface area contributed by atoms with Crippen LogP contribution in [0.3, 0.4) is 0 Å². The maximum absolute atomic E-state index is 13.1. The number of hydrogen-bond acceptors (Lipinski definition) is 15. The van der Waals surface area contributed by atoms with E-state index in [4.69, 9.17) is 41.9 Å². The number of hydrogen-bond donors (Lipinski definition) is 12. The largest absolute Gasteiger partial charge is 0.393 e. The molecule has 4 fully saturated rings. The molecule has 4 rings (SSSR count). The molecule has 2 saturated carbocycles. The normalized spacial score (nSPS) is 43.5. The summed E-state index contributed by atoms with van der Waals surface area (Å²) in [6.45, 7) is 2.50. The van der Waals surface area contributed by atoms with E-state index in [-0.39, 0.29) is 38.2 Å². The topological polar surface area (TPSA) is 316 Å². The molecule has 0 spiro atoms. The highest BCUT2D eigenvalue weighted by Crippen LogP contribution is 2.40. The van der Waals surface area contributed by atoms with Gasteiger partial charge in [0.2, 0.25) is 0 Å². The minimum Gasteiger partial charge on any atom is -0.393 e. The maximum atomic E-state index is 13.1. The van der Waals surface area contributed by atoms with Crippen molar-refractivity contribution in [3.63, 3.8) is 0 Å². The molecule has 1 amide bonds. The number of carbonyl (C=O) groups excluding carboxylic acids is 1. The van der Waals surface area contributed by atoms with Crippen LogP contribution in [0.15, 0.2) is 4.99 Å². The Bertz CT molecular complexity index is 1040. The van der Waals surface area contributed by atoms with Crippen LogP contribution in [0.1, 0.15) is 51.9 Å². The van der Waals surface area contributed by atoms with E-state index in [1.54, 1.807) is 0 Å². The number of guanidine groups is 1. The van der Waals surface area contributed by atoms with E-state index < -0.39 is 90.5 Å². The van der Waals surface area contributed by atoms with Crippen molar-refractivity contribution < 1.29 is 54.4 Å². The Hall–Kier alpha value is -1.78. The van der Waals surface area contributed by atoms with Gasteiger partial charge in [0.25, 0.3) is 5.91 Å². The van der Waals surface area contributed by atoms with Crippen LogP contribution in [0.25, 0.3) is 0 Å². The summed E-state index contributed by atoms with van der Waals surface area (Å²) in [6, 6.07) is -2.68. The van der Waals surface area contributed by atoms with Crippen molar-refractivity contribution in [3.05, 3.63) is 0 Å². The average Bonchev–Trinajstić information content (AvgIpc) is 3.61. The van der Waals surface area contributed by atoms with E-state index in [0.717, 1.165) is 0 Å². The van der Waals surface area contributed by atoms with Crippen molar-refractivity contribution >= 4 is 11.9 Å². The van der Waals surface area contributed by atoms with Gasteiger partial charge >= 0.3 is 0 Å². The molecule has 16 N–H and O–H groups in total. The number of carbonyl (C=O) groups is 1. The zero-order valence-corrected chi connectivity index (χ0v) is 26.2. The first kappa shape index (κ1) is 37.0. The lowest BCUT2D eigenvalue weighted by atomic mass is 9.83. The molecule has 0 aromatic rings. The van der Waals surface area contributed by atoms with Crippen LogP contribution < -0.4 is 33.6 Å². The first-order valence-electron chi connectivity index (χ1n) is 15.9. The standard InChI is InChI=1S/C28H53N7O11/c1-27(41)8-18(38)24(43-12-27)46-23-17(34-25(40)28(42)9-19(28)35-26(31)32)7-16(30)22(21(23)39)45-20-6-14(37)5-15(44-20)11-33-10-13(36)3-2-4-29/h13-24,33,36-39,41-42H,2-12,29-30H2,1H3,(H,34,40)(H4,31,32,35)/t13?,14?,15?,16?,17?,18?,19?,20-,21?,22-,23+,24?,27-,28?/m1/s1. The van der Waals surface area contributed by atoms with Gasteiger partial charge in [0, 0.05) is 44.8 Å². The molecule has 2 aliphatic heterocycles. The van der Waals surface area contributed by atoms with Gasteiger partial charge in [-0.2, -0.15) is 0 Å². The minimum absolute atomic E-state index is 0.0150. The fourth-order valence-electron chi connectivity index (χ4n) is 6.31. The lowest BCUT2D eigenvalue weighted by Crippen LogP contribution is -2.67. The highest BCUT2D eigenvalue weighted by molar-refractivity contribution is 5.90. The van der Waals surface area contributed by atoms with Crippen molar-refractivity contribution in [1.82, 2.24) is 10.6 Å². The van der Waals surface area contributed by atoms with Crippen LogP contribution >= 0.6 is 0 Å². The van der Waals surface area contributed by atoms with Gasteiger partial charge in [-0.15, -0.1) is 0 Å². The molecule has 14 atom stereocenters. The smallest absolute Gasteiger partial charge is 0.254 e. The lowest BCUT2D eigenvalue weighted by molar-refractivity contribution is -0.303. The number of rotatable bonds is 14. The second kappa shape index (κ2) is 15.6. The van der Waals surface area contributed by atoms with Crippen LogP contribution in [0.4, 0.5) is 0 Å². The Balaban J connectivity index is 1.43. The summed E-state index contributed by atoms with van der Waals surface area (Å²) in [4.78, 5) is 17.0. The number of aliphatic hydroxyl groups excluding tert-OH is 4. The van der Waals surface area contributed by atoms with Gasteiger partial charge in [0.15, 0.2) is 24.1 Å². The van der Waals surface area contributed by atoms with E-state index in [1.165, 1.54) is 6.92 Å². The molecule has 46 heavy (non-hydrogen) atoms. The van der Waals surface area contributed by atoms with Crippen molar-refractivity contribution in [1.29, 1.82) is 0 Å². The summed E-state index contributed by atoms with van der Waals surface area (Å²) >= 11 is 0. The summed E-state index contributed by atoms with van der Waals surface area (Å²) in [5.41, 5.74) is 19.6. The molecule has 0 aromatic carbocycles. The van der Waals surface area contributed by atoms with Crippen LogP contribution in [-0.2, 0) is 23.7 Å². The molecule has 4 aliphatic rings. The van der Waals surface area contributed by atoms with Crippen molar-refractivity contribution in [2.24, 2.45) is 27.9 Å². The minimum atomic E-state index is -1.87. The van der Waals surface area contributed by atoms with Gasteiger partial charge in [-0.3, -0.25) is 4.79 Å². The molecule has 266 valence electrons. The first-order chi connectivity index (χ1) is 21.6. The quantitative estimate of drug-likeness (QED) is 0.0609. The summed E-state index contributed by atoms with van der Waals surface area (Å²) < 4.78 is 23.8. The van der Waals surface area contributed by atoms with E-state index in [2.05, 4.69) is 15.6 Å². The third-order valence-electron chi connectivity index (χ3n) is 8.89. The number of nitrogens with zero attached hydrogens (tertiary/aromatic N) is 1. The molecule has 18 nitrogen and oxygen atoms in total. The average molecular weight is 664 g/mol. The van der Waals surface area contributed by atoms with Crippen molar-refractivity contribution in [2.75, 3.05) is 26.2 Å².